The fraction of sp³-hybridized carbons (Fsp3) is 0.231. The van der Waals surface area contributed by atoms with Crippen LogP contribution in [0.25, 0.3) is 5.69 Å². The second-order valence-corrected chi connectivity index (χ2v) is 6.05. The Morgan fingerprint density at radius 1 is 1.50 bits per heavy atom. The molecular formula is C13H12BrFN2O2S. The molecule has 0 unspecified atom stereocenters. The molecule has 0 fully saturated rings. The third-order valence-electron chi connectivity index (χ3n) is 2.71. The van der Waals surface area contributed by atoms with E-state index in [9.17, 15) is 9.18 Å². The number of benzene rings is 1. The average Bonchev–Trinajstić information content (AvgIpc) is 2.73. The minimum Gasteiger partial charge on any atom is -0.481 e. The maximum atomic E-state index is 13.5. The Labute approximate surface area is 128 Å². The van der Waals surface area contributed by atoms with Gasteiger partial charge in [-0.1, -0.05) is 11.8 Å². The van der Waals surface area contributed by atoms with Crippen LogP contribution in [0.15, 0.2) is 28.0 Å². The third-order valence-corrected chi connectivity index (χ3v) is 4.26. The van der Waals surface area contributed by atoms with Crippen LogP contribution in [0, 0.1) is 19.7 Å². The van der Waals surface area contributed by atoms with Gasteiger partial charge in [-0.2, -0.15) is 0 Å². The zero-order chi connectivity index (χ0) is 14.9. The largest absolute Gasteiger partial charge is 0.481 e. The highest BCUT2D eigenvalue weighted by molar-refractivity contribution is 9.10. The molecule has 0 bridgehead atoms. The summed E-state index contributed by atoms with van der Waals surface area (Å²) in [5, 5.41) is 9.34. The van der Waals surface area contributed by atoms with E-state index < -0.39 is 5.97 Å². The monoisotopic (exact) mass is 358 g/mol. The van der Waals surface area contributed by atoms with Crippen molar-refractivity contribution in [1.82, 2.24) is 9.55 Å². The van der Waals surface area contributed by atoms with Crippen molar-refractivity contribution in [2.24, 2.45) is 0 Å². The van der Waals surface area contributed by atoms with Crippen LogP contribution in [-0.4, -0.2) is 26.4 Å². The predicted molar refractivity (Wildman–Crippen MR) is 79.1 cm³/mol. The van der Waals surface area contributed by atoms with E-state index in [1.54, 1.807) is 19.2 Å². The highest BCUT2D eigenvalue weighted by Crippen LogP contribution is 2.28. The molecule has 4 nitrogen and oxygen atoms in total. The van der Waals surface area contributed by atoms with Crippen LogP contribution in [0.4, 0.5) is 4.39 Å². The van der Waals surface area contributed by atoms with Crippen molar-refractivity contribution in [3.05, 3.63) is 39.9 Å². The van der Waals surface area contributed by atoms with Gasteiger partial charge in [0.15, 0.2) is 5.16 Å². The number of hydrogen-bond donors (Lipinski definition) is 1. The first-order chi connectivity index (χ1) is 9.40. The molecule has 2 aromatic rings. The second kappa shape index (κ2) is 5.97. The number of thioether (sulfide) groups is 1. The molecular weight excluding hydrogens is 347 g/mol. The number of carboxylic acid groups (broad SMARTS) is 1. The molecule has 7 heteroatoms. The summed E-state index contributed by atoms with van der Waals surface area (Å²) in [5.74, 6) is -1.30. The average molecular weight is 359 g/mol. The number of nitrogens with zero attached hydrogens (tertiary/aromatic N) is 2. The zero-order valence-electron chi connectivity index (χ0n) is 10.9. The smallest absolute Gasteiger partial charge is 0.313 e. The lowest BCUT2D eigenvalue weighted by atomic mass is 10.2. The molecule has 0 saturated heterocycles. The third kappa shape index (κ3) is 3.04. The van der Waals surface area contributed by atoms with Crippen molar-refractivity contribution in [3.8, 4) is 5.69 Å². The first-order valence-electron chi connectivity index (χ1n) is 5.75. The number of carbonyl (C=O) groups is 1. The van der Waals surface area contributed by atoms with Gasteiger partial charge in [-0.25, -0.2) is 9.37 Å². The minimum atomic E-state index is -0.904. The molecule has 1 aromatic carbocycles. The summed E-state index contributed by atoms with van der Waals surface area (Å²) >= 11 is 4.30. The number of rotatable bonds is 4. The van der Waals surface area contributed by atoms with Crippen molar-refractivity contribution in [2.45, 2.75) is 19.0 Å². The molecule has 0 aliphatic heterocycles. The number of halogens is 2. The SMILES string of the molecule is Cc1cc(F)c(Br)cc1-n1c(C)cnc1SCC(=O)O. The summed E-state index contributed by atoms with van der Waals surface area (Å²) in [6.45, 7) is 3.67. The minimum absolute atomic E-state index is 0.0716. The normalized spacial score (nSPS) is 10.8. The fourth-order valence-electron chi connectivity index (χ4n) is 1.81. The summed E-state index contributed by atoms with van der Waals surface area (Å²) in [4.78, 5) is 14.9. The van der Waals surface area contributed by atoms with Crippen molar-refractivity contribution in [1.29, 1.82) is 0 Å². The molecule has 0 saturated carbocycles. The van der Waals surface area contributed by atoms with E-state index in [1.165, 1.54) is 6.07 Å². The van der Waals surface area contributed by atoms with Gasteiger partial charge in [0.25, 0.3) is 0 Å². The maximum Gasteiger partial charge on any atom is 0.313 e. The van der Waals surface area contributed by atoms with E-state index in [0.29, 0.717) is 9.63 Å². The van der Waals surface area contributed by atoms with E-state index in [0.717, 1.165) is 28.7 Å². The van der Waals surface area contributed by atoms with Crippen molar-refractivity contribution < 1.29 is 14.3 Å². The van der Waals surface area contributed by atoms with Crippen LogP contribution < -0.4 is 0 Å². The summed E-state index contributed by atoms with van der Waals surface area (Å²) < 4.78 is 15.7. The lowest BCUT2D eigenvalue weighted by molar-refractivity contribution is -0.133. The molecule has 0 amide bonds. The van der Waals surface area contributed by atoms with E-state index in [-0.39, 0.29) is 11.6 Å². The van der Waals surface area contributed by atoms with Gasteiger partial charge in [0.2, 0.25) is 0 Å². The van der Waals surface area contributed by atoms with Crippen LogP contribution in [0.5, 0.6) is 0 Å². The van der Waals surface area contributed by atoms with E-state index in [4.69, 9.17) is 5.11 Å². The van der Waals surface area contributed by atoms with E-state index >= 15 is 0 Å². The summed E-state index contributed by atoms with van der Waals surface area (Å²) in [5.41, 5.74) is 2.39. The molecule has 1 aromatic heterocycles. The van der Waals surface area contributed by atoms with Gasteiger partial charge in [-0.3, -0.25) is 9.36 Å². The van der Waals surface area contributed by atoms with Crippen molar-refractivity contribution >= 4 is 33.7 Å². The van der Waals surface area contributed by atoms with Crippen LogP contribution in [0.1, 0.15) is 11.3 Å². The number of hydrogen-bond acceptors (Lipinski definition) is 3. The predicted octanol–water partition coefficient (Wildman–Crippen LogP) is 3.57. The van der Waals surface area contributed by atoms with Crippen LogP contribution in [-0.2, 0) is 4.79 Å². The lowest BCUT2D eigenvalue weighted by Crippen LogP contribution is -2.05. The molecule has 2 rings (SSSR count). The molecule has 106 valence electrons. The zero-order valence-corrected chi connectivity index (χ0v) is 13.3. The van der Waals surface area contributed by atoms with Gasteiger partial charge < -0.3 is 5.11 Å². The summed E-state index contributed by atoms with van der Waals surface area (Å²) in [6.07, 6.45) is 1.67. The summed E-state index contributed by atoms with van der Waals surface area (Å²) in [7, 11) is 0. The van der Waals surface area contributed by atoms with Gasteiger partial charge in [0, 0.05) is 11.9 Å². The van der Waals surface area contributed by atoms with Crippen LogP contribution in [0.2, 0.25) is 0 Å². The van der Waals surface area contributed by atoms with E-state index in [2.05, 4.69) is 20.9 Å². The Hall–Kier alpha value is -1.34. The standard InChI is InChI=1S/C13H12BrFN2O2S/c1-7-3-10(15)9(14)4-11(7)17-8(2)5-16-13(17)20-6-12(18)19/h3-5H,6H2,1-2H3,(H,18,19). The molecule has 0 aliphatic carbocycles. The maximum absolute atomic E-state index is 13.5. The van der Waals surface area contributed by atoms with Crippen LogP contribution in [0.3, 0.4) is 0 Å². The molecule has 0 spiro atoms. The van der Waals surface area contributed by atoms with Gasteiger partial charge in [-0.05, 0) is 47.5 Å². The molecule has 1 N–H and O–H groups in total. The van der Waals surface area contributed by atoms with Gasteiger partial charge in [0.1, 0.15) is 5.82 Å². The highest BCUT2D eigenvalue weighted by atomic mass is 79.9. The number of aryl methyl sites for hydroxylation is 2. The van der Waals surface area contributed by atoms with Gasteiger partial charge in [-0.15, -0.1) is 0 Å². The Morgan fingerprint density at radius 3 is 2.85 bits per heavy atom. The Morgan fingerprint density at radius 2 is 2.20 bits per heavy atom. The molecule has 0 aliphatic rings. The van der Waals surface area contributed by atoms with E-state index in [1.807, 2.05) is 11.5 Å². The Bertz CT molecular complexity index is 673. The summed E-state index contributed by atoms with van der Waals surface area (Å²) in [6, 6.07) is 3.11. The van der Waals surface area contributed by atoms with Gasteiger partial charge >= 0.3 is 5.97 Å². The number of aromatic nitrogens is 2. The fourth-order valence-corrected chi connectivity index (χ4v) is 2.90. The quantitative estimate of drug-likeness (QED) is 0.848. The van der Waals surface area contributed by atoms with Crippen LogP contribution >= 0.6 is 27.7 Å². The molecule has 20 heavy (non-hydrogen) atoms. The Balaban J connectivity index is 2.49. The lowest BCUT2D eigenvalue weighted by Gasteiger charge is -2.13. The van der Waals surface area contributed by atoms with Crippen molar-refractivity contribution in [2.75, 3.05) is 5.75 Å². The first-order valence-corrected chi connectivity index (χ1v) is 7.53. The molecule has 1 heterocycles. The number of carboxylic acids is 1. The van der Waals surface area contributed by atoms with Gasteiger partial charge in [0.05, 0.1) is 15.9 Å². The molecule has 0 radical (unpaired) electrons. The number of imidazole rings is 1. The van der Waals surface area contributed by atoms with Crippen molar-refractivity contribution in [3.63, 3.8) is 0 Å². The number of aliphatic carboxylic acids is 1. The second-order valence-electron chi connectivity index (χ2n) is 4.25. The highest BCUT2D eigenvalue weighted by Gasteiger charge is 2.15. The first kappa shape index (κ1) is 15.1. The topological polar surface area (TPSA) is 55.1 Å². The Kier molecular flexibility index (Phi) is 4.49. The molecule has 0 atom stereocenters.